The van der Waals surface area contributed by atoms with Crippen LogP contribution in [0.25, 0.3) is 0 Å². The molecule has 0 heterocycles. The lowest BCUT2D eigenvalue weighted by Crippen LogP contribution is -1.68. The predicted molar refractivity (Wildman–Crippen MR) is 33.2 cm³/mol. The molecule has 0 amide bonds. The molecular formula is C4H11ClN2. The molecule has 0 rings (SSSR count). The fourth-order valence-electron chi connectivity index (χ4n) is 0.200. The van der Waals surface area contributed by atoms with Crippen LogP contribution < -0.4 is 0 Å². The summed E-state index contributed by atoms with van der Waals surface area (Å²) in [5, 5.41) is 7.27. The fourth-order valence-corrected chi connectivity index (χ4v) is 0.200. The van der Waals surface area contributed by atoms with Crippen molar-refractivity contribution in [2.75, 3.05) is 13.6 Å². The van der Waals surface area contributed by atoms with Gasteiger partial charge in [0, 0.05) is 7.05 Å². The molecular weight excluding hydrogens is 112 g/mol. The third-order valence-corrected chi connectivity index (χ3v) is 0.465. The van der Waals surface area contributed by atoms with Gasteiger partial charge in [-0.05, 0) is 6.42 Å². The average Bonchev–Trinajstić information content (AvgIpc) is 1.61. The molecule has 0 saturated carbocycles. The van der Waals surface area contributed by atoms with E-state index in [4.69, 9.17) is 0 Å². The van der Waals surface area contributed by atoms with Crippen molar-refractivity contribution in [3.05, 3.63) is 0 Å². The van der Waals surface area contributed by atoms with Gasteiger partial charge in [0.05, 0.1) is 6.54 Å². The summed E-state index contributed by atoms with van der Waals surface area (Å²) in [5.74, 6) is 0. The second-order valence-electron chi connectivity index (χ2n) is 1.07. The van der Waals surface area contributed by atoms with Crippen LogP contribution in [0.3, 0.4) is 0 Å². The van der Waals surface area contributed by atoms with Crippen molar-refractivity contribution in [1.82, 2.24) is 0 Å². The molecule has 0 radical (unpaired) electrons. The van der Waals surface area contributed by atoms with E-state index in [-0.39, 0.29) is 12.4 Å². The third kappa shape index (κ3) is 10.7. The first-order valence-corrected chi connectivity index (χ1v) is 2.17. The summed E-state index contributed by atoms with van der Waals surface area (Å²) in [6, 6.07) is 0. The summed E-state index contributed by atoms with van der Waals surface area (Å²) in [5.41, 5.74) is 0. The molecule has 44 valence electrons. The minimum atomic E-state index is 0. The maximum Gasteiger partial charge on any atom is 0.0596 e. The molecule has 0 aromatic heterocycles. The number of hydrogen-bond donors (Lipinski definition) is 0. The molecule has 0 fully saturated rings. The molecule has 0 aliphatic rings. The molecule has 0 aliphatic carbocycles. The molecule has 7 heavy (non-hydrogen) atoms. The van der Waals surface area contributed by atoms with Crippen molar-refractivity contribution in [2.45, 2.75) is 13.3 Å². The van der Waals surface area contributed by atoms with E-state index in [9.17, 15) is 0 Å². The number of azo groups is 1. The number of nitrogens with zero attached hydrogens (tertiary/aromatic N) is 2. The Morgan fingerprint density at radius 2 is 2.00 bits per heavy atom. The Hall–Kier alpha value is -0.110. The molecule has 0 N–H and O–H groups in total. The summed E-state index contributed by atoms with van der Waals surface area (Å²) >= 11 is 0. The van der Waals surface area contributed by atoms with Crippen molar-refractivity contribution in [3.8, 4) is 0 Å². The lowest BCUT2D eigenvalue weighted by Gasteiger charge is -1.76. The highest BCUT2D eigenvalue weighted by Crippen LogP contribution is 1.75. The Kier molecular flexibility index (Phi) is 13.3. The molecule has 0 saturated heterocycles. The first-order valence-electron chi connectivity index (χ1n) is 2.17. The Bertz CT molecular complexity index is 45.0. The van der Waals surface area contributed by atoms with E-state index in [2.05, 4.69) is 17.2 Å². The minimum absolute atomic E-state index is 0. The SMILES string of the molecule is CCCN=NC.Cl. The molecule has 0 unspecified atom stereocenters. The van der Waals surface area contributed by atoms with Gasteiger partial charge in [-0.25, -0.2) is 0 Å². The van der Waals surface area contributed by atoms with Crippen LogP contribution in [0.5, 0.6) is 0 Å². The van der Waals surface area contributed by atoms with Crippen LogP contribution in [-0.2, 0) is 0 Å². The lowest BCUT2D eigenvalue weighted by atomic mass is 10.5. The van der Waals surface area contributed by atoms with Gasteiger partial charge in [-0.15, -0.1) is 12.4 Å². The van der Waals surface area contributed by atoms with Crippen molar-refractivity contribution >= 4 is 12.4 Å². The summed E-state index contributed by atoms with van der Waals surface area (Å²) in [7, 11) is 1.69. The molecule has 0 aliphatic heterocycles. The summed E-state index contributed by atoms with van der Waals surface area (Å²) in [6.07, 6.45) is 1.09. The number of halogens is 1. The zero-order chi connectivity index (χ0) is 4.83. The Morgan fingerprint density at radius 1 is 1.43 bits per heavy atom. The van der Waals surface area contributed by atoms with Crippen LogP contribution in [0.15, 0.2) is 10.2 Å². The van der Waals surface area contributed by atoms with E-state index in [1.54, 1.807) is 7.05 Å². The van der Waals surface area contributed by atoms with Gasteiger partial charge >= 0.3 is 0 Å². The maximum absolute atomic E-state index is 3.72. The number of rotatable bonds is 2. The van der Waals surface area contributed by atoms with Crippen LogP contribution >= 0.6 is 12.4 Å². The Labute approximate surface area is 50.4 Å². The van der Waals surface area contributed by atoms with Crippen LogP contribution in [0, 0.1) is 0 Å². The van der Waals surface area contributed by atoms with Gasteiger partial charge in [-0.2, -0.15) is 10.2 Å². The van der Waals surface area contributed by atoms with E-state index in [1.807, 2.05) is 0 Å². The van der Waals surface area contributed by atoms with Crippen molar-refractivity contribution in [3.63, 3.8) is 0 Å². The minimum Gasteiger partial charge on any atom is -0.198 e. The largest absolute Gasteiger partial charge is 0.198 e. The van der Waals surface area contributed by atoms with Crippen molar-refractivity contribution in [1.29, 1.82) is 0 Å². The van der Waals surface area contributed by atoms with Gasteiger partial charge < -0.3 is 0 Å². The average molecular weight is 123 g/mol. The summed E-state index contributed by atoms with van der Waals surface area (Å²) in [6.45, 7) is 2.95. The second-order valence-corrected chi connectivity index (χ2v) is 1.07. The predicted octanol–water partition coefficient (Wildman–Crippen LogP) is 1.90. The normalized spacial score (nSPS) is 8.86. The zero-order valence-electron chi connectivity index (χ0n) is 4.72. The first kappa shape index (κ1) is 10.00. The zero-order valence-corrected chi connectivity index (χ0v) is 5.53. The van der Waals surface area contributed by atoms with Gasteiger partial charge in [0.2, 0.25) is 0 Å². The van der Waals surface area contributed by atoms with Gasteiger partial charge in [-0.1, -0.05) is 6.92 Å². The maximum atomic E-state index is 3.72. The molecule has 0 bridgehead atoms. The molecule has 0 spiro atoms. The van der Waals surface area contributed by atoms with Gasteiger partial charge in [0.1, 0.15) is 0 Å². The first-order chi connectivity index (χ1) is 2.91. The summed E-state index contributed by atoms with van der Waals surface area (Å²) < 4.78 is 0. The van der Waals surface area contributed by atoms with Crippen molar-refractivity contribution in [2.24, 2.45) is 10.2 Å². The Balaban J connectivity index is 0. The quantitative estimate of drug-likeness (QED) is 0.500. The molecule has 2 nitrogen and oxygen atoms in total. The van der Waals surface area contributed by atoms with Crippen LogP contribution in [0.1, 0.15) is 13.3 Å². The smallest absolute Gasteiger partial charge is 0.0596 e. The lowest BCUT2D eigenvalue weighted by molar-refractivity contribution is 0.863. The van der Waals surface area contributed by atoms with E-state index >= 15 is 0 Å². The number of hydrogen-bond acceptors (Lipinski definition) is 2. The molecule has 0 aromatic rings. The van der Waals surface area contributed by atoms with Crippen LogP contribution in [0.4, 0.5) is 0 Å². The standard InChI is InChI=1S/C4H10N2.ClH/c1-3-4-6-5-2;/h3-4H2,1-2H3;1H. The second kappa shape index (κ2) is 9.31. The van der Waals surface area contributed by atoms with E-state index < -0.39 is 0 Å². The van der Waals surface area contributed by atoms with Crippen LogP contribution in [0.2, 0.25) is 0 Å². The highest BCUT2D eigenvalue weighted by molar-refractivity contribution is 5.85. The monoisotopic (exact) mass is 122 g/mol. The summed E-state index contributed by atoms with van der Waals surface area (Å²) in [4.78, 5) is 0. The molecule has 0 atom stereocenters. The van der Waals surface area contributed by atoms with Gasteiger partial charge in [-0.3, -0.25) is 0 Å². The van der Waals surface area contributed by atoms with Crippen LogP contribution in [-0.4, -0.2) is 13.6 Å². The topological polar surface area (TPSA) is 24.7 Å². The van der Waals surface area contributed by atoms with E-state index in [0.717, 1.165) is 13.0 Å². The van der Waals surface area contributed by atoms with E-state index in [0.29, 0.717) is 0 Å². The van der Waals surface area contributed by atoms with E-state index in [1.165, 1.54) is 0 Å². The highest BCUT2D eigenvalue weighted by Gasteiger charge is 1.66. The Morgan fingerprint density at radius 3 is 2.14 bits per heavy atom. The highest BCUT2D eigenvalue weighted by atomic mass is 35.5. The fraction of sp³-hybridized carbons (Fsp3) is 1.00. The van der Waals surface area contributed by atoms with Gasteiger partial charge in [0.25, 0.3) is 0 Å². The van der Waals surface area contributed by atoms with Gasteiger partial charge in [0.15, 0.2) is 0 Å². The molecule has 0 aromatic carbocycles. The third-order valence-electron chi connectivity index (χ3n) is 0.465. The molecule has 3 heteroatoms. The van der Waals surface area contributed by atoms with Crippen molar-refractivity contribution < 1.29 is 0 Å².